The number of nitrogens with one attached hydrogen (secondary N) is 3. The van der Waals surface area contributed by atoms with Crippen LogP contribution in [0.15, 0.2) is 24.3 Å². The summed E-state index contributed by atoms with van der Waals surface area (Å²) in [6, 6.07) is 7.11. The van der Waals surface area contributed by atoms with Gasteiger partial charge in [0.2, 0.25) is 0 Å². The van der Waals surface area contributed by atoms with Gasteiger partial charge in [-0.1, -0.05) is 24.3 Å². The largest absolute Gasteiger partial charge is 0.384 e. The number of tetrazole rings is 1. The number of nitrogens with zero attached hydrogens (tertiary/aromatic N) is 3. The summed E-state index contributed by atoms with van der Waals surface area (Å²) in [5, 5.41) is 19.7. The van der Waals surface area contributed by atoms with Crippen molar-refractivity contribution in [1.29, 1.82) is 0 Å². The molecule has 1 atom stereocenters. The first-order valence-corrected chi connectivity index (χ1v) is 6.59. The molecule has 0 radical (unpaired) electrons. The number of hydrogen-bond acceptors (Lipinski definition) is 5. The molecule has 1 amide bonds. The highest BCUT2D eigenvalue weighted by molar-refractivity contribution is 5.99. The Kier molecular flexibility index (Phi) is 4.65. The van der Waals surface area contributed by atoms with Gasteiger partial charge in [-0.2, -0.15) is 5.21 Å². The Hall–Kier alpha value is -2.44. The lowest BCUT2D eigenvalue weighted by Crippen LogP contribution is -2.28. The predicted octanol–water partition coefficient (Wildman–Crippen LogP) is 1.51. The lowest BCUT2D eigenvalue weighted by atomic mass is 10.1. The topological polar surface area (TPSA) is 95.6 Å². The molecule has 1 heterocycles. The zero-order valence-electron chi connectivity index (χ0n) is 11.6. The van der Waals surface area contributed by atoms with Gasteiger partial charge in [0.15, 0.2) is 5.82 Å². The highest BCUT2D eigenvalue weighted by atomic mass is 16.1. The normalized spacial score (nSPS) is 11.9. The fourth-order valence-corrected chi connectivity index (χ4v) is 1.79. The van der Waals surface area contributed by atoms with Crippen LogP contribution in [0.25, 0.3) is 0 Å². The number of H-pyrrole nitrogens is 1. The van der Waals surface area contributed by atoms with Gasteiger partial charge >= 0.3 is 0 Å². The summed E-state index contributed by atoms with van der Waals surface area (Å²) >= 11 is 0. The number of benzene rings is 1. The van der Waals surface area contributed by atoms with E-state index < -0.39 is 0 Å². The van der Waals surface area contributed by atoms with Crippen molar-refractivity contribution in [2.75, 3.05) is 11.9 Å². The molecule has 0 saturated carbocycles. The van der Waals surface area contributed by atoms with E-state index >= 15 is 0 Å². The number of aromatic amines is 1. The highest BCUT2D eigenvalue weighted by Crippen LogP contribution is 2.16. The van der Waals surface area contributed by atoms with Crippen molar-refractivity contribution in [2.24, 2.45) is 0 Å². The maximum absolute atomic E-state index is 12.3. The van der Waals surface area contributed by atoms with Crippen LogP contribution in [0.2, 0.25) is 0 Å². The number of rotatable bonds is 6. The van der Waals surface area contributed by atoms with E-state index in [2.05, 4.69) is 38.2 Å². The van der Waals surface area contributed by atoms with Gasteiger partial charge in [-0.15, -0.1) is 10.2 Å². The van der Waals surface area contributed by atoms with Gasteiger partial charge in [-0.05, 0) is 25.5 Å². The molecule has 0 fully saturated rings. The molecule has 1 unspecified atom stereocenters. The number of carbonyl (C=O) groups is 1. The van der Waals surface area contributed by atoms with Crippen molar-refractivity contribution in [2.45, 2.75) is 26.3 Å². The van der Waals surface area contributed by atoms with Gasteiger partial charge in [0.25, 0.3) is 5.91 Å². The van der Waals surface area contributed by atoms with E-state index in [4.69, 9.17) is 0 Å². The molecule has 0 saturated heterocycles. The molecule has 20 heavy (non-hydrogen) atoms. The second-order valence-electron chi connectivity index (χ2n) is 4.44. The predicted molar refractivity (Wildman–Crippen MR) is 75.3 cm³/mol. The fourth-order valence-electron chi connectivity index (χ4n) is 1.79. The Morgan fingerprint density at radius 1 is 1.40 bits per heavy atom. The summed E-state index contributed by atoms with van der Waals surface area (Å²) in [6.45, 7) is 4.71. The van der Waals surface area contributed by atoms with E-state index in [0.29, 0.717) is 11.4 Å². The maximum Gasteiger partial charge on any atom is 0.253 e. The molecule has 0 aliphatic carbocycles. The molecule has 3 N–H and O–H groups in total. The molecule has 7 heteroatoms. The summed E-state index contributed by atoms with van der Waals surface area (Å²) in [7, 11) is 0. The van der Waals surface area contributed by atoms with Crippen LogP contribution in [0.4, 0.5) is 5.69 Å². The van der Waals surface area contributed by atoms with Crippen molar-refractivity contribution < 1.29 is 4.79 Å². The second kappa shape index (κ2) is 6.65. The Morgan fingerprint density at radius 3 is 2.90 bits per heavy atom. The lowest BCUT2D eigenvalue weighted by molar-refractivity contribution is 0.0939. The summed E-state index contributed by atoms with van der Waals surface area (Å²) in [5.74, 6) is 0.291. The third kappa shape index (κ3) is 3.31. The third-order valence-electron chi connectivity index (χ3n) is 2.83. The molecule has 1 aromatic carbocycles. The number of para-hydroxylation sites is 1. The summed E-state index contributed by atoms with van der Waals surface area (Å²) in [4.78, 5) is 12.3. The molecule has 2 rings (SSSR count). The lowest BCUT2D eigenvalue weighted by Gasteiger charge is -2.14. The molecule has 106 valence electrons. The van der Waals surface area contributed by atoms with Gasteiger partial charge in [0, 0.05) is 12.2 Å². The smallest absolute Gasteiger partial charge is 0.253 e. The van der Waals surface area contributed by atoms with Crippen molar-refractivity contribution in [1.82, 2.24) is 25.9 Å². The first-order valence-electron chi connectivity index (χ1n) is 6.59. The van der Waals surface area contributed by atoms with Gasteiger partial charge in [-0.3, -0.25) is 4.79 Å². The summed E-state index contributed by atoms with van der Waals surface area (Å²) in [5.41, 5.74) is 1.43. The molecular weight excluding hydrogens is 256 g/mol. The minimum Gasteiger partial charge on any atom is -0.384 e. The van der Waals surface area contributed by atoms with Crippen molar-refractivity contribution in [3.05, 3.63) is 35.7 Å². The first-order chi connectivity index (χ1) is 9.72. The van der Waals surface area contributed by atoms with Gasteiger partial charge in [0.1, 0.15) is 0 Å². The Bertz CT molecular complexity index is 554. The van der Waals surface area contributed by atoms with Crippen molar-refractivity contribution in [3.63, 3.8) is 0 Å². The minimum absolute atomic E-state index is 0.165. The van der Waals surface area contributed by atoms with Crippen LogP contribution in [0.5, 0.6) is 0 Å². The molecule has 0 aliphatic heterocycles. The monoisotopic (exact) mass is 274 g/mol. The number of anilines is 1. The van der Waals surface area contributed by atoms with Crippen LogP contribution < -0.4 is 10.6 Å². The van der Waals surface area contributed by atoms with E-state index in [0.717, 1.165) is 18.7 Å². The van der Waals surface area contributed by atoms with Gasteiger partial charge < -0.3 is 10.6 Å². The Labute approximate surface area is 117 Å². The van der Waals surface area contributed by atoms with E-state index in [-0.39, 0.29) is 11.9 Å². The van der Waals surface area contributed by atoms with Crippen molar-refractivity contribution in [3.8, 4) is 0 Å². The van der Waals surface area contributed by atoms with Crippen LogP contribution in [0.1, 0.15) is 42.5 Å². The fraction of sp³-hybridized carbons (Fsp3) is 0.385. The third-order valence-corrected chi connectivity index (χ3v) is 2.83. The Balaban J connectivity index is 2.09. The molecule has 0 aliphatic rings. The zero-order valence-corrected chi connectivity index (χ0v) is 11.6. The van der Waals surface area contributed by atoms with E-state index in [1.54, 1.807) is 6.07 Å². The summed E-state index contributed by atoms with van der Waals surface area (Å²) < 4.78 is 0. The molecule has 7 nitrogen and oxygen atoms in total. The standard InChI is InChI=1S/C13H18N6O/c1-3-8-14-11-7-5-4-6-10(11)13(20)15-9(2)12-16-18-19-17-12/h4-7,9,14H,3,8H2,1-2H3,(H,15,20)(H,16,17,18,19). The van der Waals surface area contributed by atoms with Crippen LogP contribution in [-0.4, -0.2) is 33.1 Å². The molecule has 0 bridgehead atoms. The number of hydrogen-bond donors (Lipinski definition) is 3. The molecule has 0 spiro atoms. The average Bonchev–Trinajstić information content (AvgIpc) is 2.99. The zero-order chi connectivity index (χ0) is 14.4. The second-order valence-corrected chi connectivity index (χ2v) is 4.44. The maximum atomic E-state index is 12.3. The quantitative estimate of drug-likeness (QED) is 0.742. The van der Waals surface area contributed by atoms with E-state index in [1.807, 2.05) is 25.1 Å². The first kappa shape index (κ1) is 14.0. The molecular formula is C13H18N6O. The van der Waals surface area contributed by atoms with Crippen LogP contribution >= 0.6 is 0 Å². The molecule has 1 aromatic heterocycles. The molecule has 2 aromatic rings. The van der Waals surface area contributed by atoms with Gasteiger partial charge in [-0.25, -0.2) is 0 Å². The SMILES string of the molecule is CCCNc1ccccc1C(=O)NC(C)c1nn[nH]n1. The van der Waals surface area contributed by atoms with Gasteiger partial charge in [0.05, 0.1) is 11.6 Å². The Morgan fingerprint density at radius 2 is 2.20 bits per heavy atom. The van der Waals surface area contributed by atoms with Crippen LogP contribution in [0, 0.1) is 0 Å². The van der Waals surface area contributed by atoms with Crippen LogP contribution in [-0.2, 0) is 0 Å². The highest BCUT2D eigenvalue weighted by Gasteiger charge is 2.16. The number of carbonyl (C=O) groups excluding carboxylic acids is 1. The van der Waals surface area contributed by atoms with E-state index in [9.17, 15) is 4.79 Å². The summed E-state index contributed by atoms with van der Waals surface area (Å²) in [6.07, 6.45) is 0.995. The number of amides is 1. The van der Waals surface area contributed by atoms with Crippen LogP contribution in [0.3, 0.4) is 0 Å². The van der Waals surface area contributed by atoms with Crippen molar-refractivity contribution >= 4 is 11.6 Å². The van der Waals surface area contributed by atoms with E-state index in [1.165, 1.54) is 0 Å². The number of aromatic nitrogens is 4. The minimum atomic E-state index is -0.305. The average molecular weight is 274 g/mol.